The predicted octanol–water partition coefficient (Wildman–Crippen LogP) is 3.19. The largest absolute Gasteiger partial charge is 1.00 e. The molecule has 5 aliphatic rings. The Labute approximate surface area is 260 Å². The van der Waals surface area contributed by atoms with Crippen LogP contribution in [-0.4, -0.2) is 8.07 Å². The molecule has 0 N–H and O–H groups in total. The van der Waals surface area contributed by atoms with Gasteiger partial charge in [0.1, 0.15) is 0 Å². The van der Waals surface area contributed by atoms with Gasteiger partial charge in [-0.2, -0.15) is 0 Å². The minimum absolute atomic E-state index is 0. The minimum atomic E-state index is -1.94. The maximum absolute atomic E-state index is 2.72. The summed E-state index contributed by atoms with van der Waals surface area (Å²) in [6.45, 7) is 5.17. The van der Waals surface area contributed by atoms with Gasteiger partial charge < -0.3 is 24.8 Å². The van der Waals surface area contributed by atoms with Crippen molar-refractivity contribution in [3.8, 4) is 0 Å². The summed E-state index contributed by atoms with van der Waals surface area (Å²) < 4.78 is 1.13. The van der Waals surface area contributed by atoms with E-state index in [9.17, 15) is 0 Å². The maximum Gasteiger partial charge on any atom is -1.00 e. The Bertz CT molecular complexity index is 1840. The fraction of sp³-hybridized carbons (Fsp3) is 0.111. The van der Waals surface area contributed by atoms with Crippen molar-refractivity contribution < 1.29 is 48.0 Å². The first kappa shape index (κ1) is 26.4. The number of hydrogen-bond donors (Lipinski definition) is 0. The predicted molar refractivity (Wildman–Crippen MR) is 159 cm³/mol. The van der Waals surface area contributed by atoms with E-state index < -0.39 is 31.3 Å². The van der Waals surface area contributed by atoms with E-state index in [4.69, 9.17) is 0 Å². The van der Waals surface area contributed by atoms with Crippen LogP contribution >= 0.6 is 0 Å². The number of hydrogen-bond acceptors (Lipinski definition) is 0. The Balaban J connectivity index is 0.00000132. The van der Waals surface area contributed by atoms with E-state index in [1.165, 1.54) is 43.8 Å². The smallest absolute Gasteiger partial charge is 1.00 e. The van der Waals surface area contributed by atoms with Crippen LogP contribution in [0.5, 0.6) is 0 Å². The zero-order valence-corrected chi connectivity index (χ0v) is 27.3. The molecule has 4 aliphatic carbocycles. The van der Waals surface area contributed by atoms with Crippen LogP contribution in [0.2, 0.25) is 13.1 Å². The van der Waals surface area contributed by atoms with Crippen molar-refractivity contribution in [2.75, 3.05) is 0 Å². The topological polar surface area (TPSA) is 0 Å². The van der Waals surface area contributed by atoms with Crippen LogP contribution < -0.4 is 24.8 Å². The van der Waals surface area contributed by atoms with Crippen LogP contribution in [0.1, 0.15) is 29.5 Å². The normalized spacial score (nSPS) is 21.9. The number of benzene rings is 4. The van der Waals surface area contributed by atoms with Crippen LogP contribution in [0.4, 0.5) is 0 Å². The molecule has 1 aliphatic heterocycles. The monoisotopic (exact) mass is 646 g/mol. The van der Waals surface area contributed by atoms with E-state index in [0.29, 0.717) is 7.25 Å². The maximum atomic E-state index is 2.72. The van der Waals surface area contributed by atoms with Gasteiger partial charge in [-0.25, -0.2) is 0 Å². The Hall–Kier alpha value is -2.48. The molecule has 0 aromatic heterocycles. The van der Waals surface area contributed by atoms with Gasteiger partial charge in [0.05, 0.1) is 0 Å². The number of halogens is 2. The number of fused-ring (bicyclic) bond motifs is 12. The first-order valence-corrected chi connectivity index (χ1v) is 19.5. The van der Waals surface area contributed by atoms with E-state index in [0.717, 1.165) is 0 Å². The van der Waals surface area contributed by atoms with Crippen molar-refractivity contribution in [1.82, 2.24) is 0 Å². The molecule has 4 bridgehead atoms. The summed E-state index contributed by atoms with van der Waals surface area (Å²) in [5.41, 5.74) is 12.2. The molecule has 0 saturated carbocycles. The van der Waals surface area contributed by atoms with Crippen molar-refractivity contribution in [3.05, 3.63) is 153 Å². The van der Waals surface area contributed by atoms with Crippen molar-refractivity contribution in [2.24, 2.45) is 0 Å². The molecular formula is C36H26Cl2SiZr. The van der Waals surface area contributed by atoms with Crippen molar-refractivity contribution in [2.45, 2.75) is 20.3 Å². The quantitative estimate of drug-likeness (QED) is 0.257. The van der Waals surface area contributed by atoms with Gasteiger partial charge in [-0.3, -0.25) is 0 Å². The molecule has 4 aromatic carbocycles. The molecule has 40 heavy (non-hydrogen) atoms. The van der Waals surface area contributed by atoms with Gasteiger partial charge in [-0.15, -0.1) is 0 Å². The molecule has 2 atom stereocenters. The molecule has 0 spiro atoms. The standard InChI is InChI=1S/C36H26Si.2ClH.Zr/c1-37(2,33-21-19-31-29(33)17-15-25-13-11-23-7-3-5-9-27(23)35(25)31)34-22-20-32-30(34)18-16-26-14-12-24-8-4-6-10-28(24)36(26)32;;;/h3-22H,1-2H3;2*1H;/q;;;+2/p-2. The molecule has 0 fully saturated rings. The molecule has 192 valence electrons. The van der Waals surface area contributed by atoms with Crippen molar-refractivity contribution in [3.63, 3.8) is 0 Å². The molecule has 0 nitrogen and oxygen atoms in total. The summed E-state index contributed by atoms with van der Waals surface area (Å²) in [4.78, 5) is 0. The fourth-order valence-corrected chi connectivity index (χ4v) is 15.1. The molecule has 4 aromatic rings. The molecule has 0 amide bonds. The third-order valence-corrected chi connectivity index (χ3v) is 17.2. The van der Waals surface area contributed by atoms with Gasteiger partial charge in [0.25, 0.3) is 0 Å². The average Bonchev–Trinajstić information content (AvgIpc) is 3.57. The number of rotatable bonds is 0. The molecule has 9 rings (SSSR count). The van der Waals surface area contributed by atoms with Gasteiger partial charge in [0.15, 0.2) is 0 Å². The van der Waals surface area contributed by atoms with E-state index in [2.05, 4.69) is 122 Å². The molecule has 2 unspecified atom stereocenters. The van der Waals surface area contributed by atoms with Crippen LogP contribution in [0.15, 0.2) is 131 Å². The summed E-state index contributed by atoms with van der Waals surface area (Å²) in [5.74, 6) is 0. The first-order chi connectivity index (χ1) is 18.6. The van der Waals surface area contributed by atoms with Gasteiger partial charge in [0.2, 0.25) is 0 Å². The molecule has 4 heteroatoms. The van der Waals surface area contributed by atoms with Gasteiger partial charge in [-0.1, -0.05) is 0 Å². The molecule has 0 radical (unpaired) electrons. The molecule has 1 heterocycles. The summed E-state index contributed by atoms with van der Waals surface area (Å²) in [6, 6.07) is 27.7. The molecule has 0 saturated heterocycles. The van der Waals surface area contributed by atoms with Gasteiger partial charge in [0, 0.05) is 0 Å². The average molecular weight is 649 g/mol. The zero-order chi connectivity index (χ0) is 25.2. The van der Waals surface area contributed by atoms with Gasteiger partial charge >= 0.3 is 237 Å². The van der Waals surface area contributed by atoms with E-state index in [-0.39, 0.29) is 24.8 Å². The van der Waals surface area contributed by atoms with Crippen molar-refractivity contribution in [1.29, 1.82) is 0 Å². The SMILES string of the molecule is C[Si]1(C)C2=CC=C3C2=C[CH]([Zr+2][CH]2C=C4C(=CC=C41)c1c2ccc2ccccc12)c1ccc2ccccc2c13.[Cl-].[Cl-]. The Morgan fingerprint density at radius 2 is 0.975 bits per heavy atom. The summed E-state index contributed by atoms with van der Waals surface area (Å²) in [7, 11) is -1.94. The van der Waals surface area contributed by atoms with E-state index >= 15 is 0 Å². The van der Waals surface area contributed by atoms with Crippen molar-refractivity contribution >= 4 is 40.8 Å². The van der Waals surface area contributed by atoms with Crippen LogP contribution in [-0.2, 0) is 23.2 Å². The van der Waals surface area contributed by atoms with E-state index in [1.54, 1.807) is 32.7 Å². The van der Waals surface area contributed by atoms with Gasteiger partial charge in [-0.05, 0) is 0 Å². The van der Waals surface area contributed by atoms with Crippen LogP contribution in [0.25, 0.3) is 32.7 Å². The fourth-order valence-electron chi connectivity index (χ4n) is 7.69. The van der Waals surface area contributed by atoms with E-state index in [1.807, 2.05) is 0 Å². The molecular weight excluding hydrogens is 623 g/mol. The second-order valence-corrected chi connectivity index (χ2v) is 19.9. The Kier molecular flexibility index (Phi) is 6.12. The minimum Gasteiger partial charge on any atom is -1.00 e. The zero-order valence-electron chi connectivity index (χ0n) is 22.3. The van der Waals surface area contributed by atoms with Crippen LogP contribution in [0.3, 0.4) is 0 Å². The summed E-state index contributed by atoms with van der Waals surface area (Å²) in [6.07, 6.45) is 15.3. The summed E-state index contributed by atoms with van der Waals surface area (Å²) in [5, 5.41) is 8.82. The Morgan fingerprint density at radius 1 is 0.525 bits per heavy atom. The first-order valence-electron chi connectivity index (χ1n) is 13.7. The number of allylic oxidation sites excluding steroid dienone is 12. The second kappa shape index (κ2) is 9.27. The Morgan fingerprint density at radius 3 is 1.45 bits per heavy atom. The van der Waals surface area contributed by atoms with Crippen LogP contribution in [0, 0.1) is 0 Å². The third kappa shape index (κ3) is 3.40. The summed E-state index contributed by atoms with van der Waals surface area (Å²) >= 11 is -0.965. The third-order valence-electron chi connectivity index (χ3n) is 9.50. The second-order valence-electron chi connectivity index (χ2n) is 11.7.